The molecule has 2 nitrogen and oxygen atoms in total. The Kier molecular flexibility index (Phi) is 4.63. The zero-order chi connectivity index (χ0) is 20.1. The molecular formula is C25H25O2P. The first kappa shape index (κ1) is 18.9. The maximum atomic E-state index is 14.7. The second kappa shape index (κ2) is 6.87. The van der Waals surface area contributed by atoms with Crippen molar-refractivity contribution in [3.05, 3.63) is 83.4 Å². The second-order valence-electron chi connectivity index (χ2n) is 8.04. The van der Waals surface area contributed by atoms with Crippen LogP contribution in [0.1, 0.15) is 55.1 Å². The van der Waals surface area contributed by atoms with Gasteiger partial charge in [-0.3, -0.25) is 4.79 Å². The number of benzene rings is 3. The molecule has 0 amide bonds. The lowest BCUT2D eigenvalue weighted by molar-refractivity contribution is 0.104. The molecule has 0 saturated carbocycles. The van der Waals surface area contributed by atoms with E-state index in [0.717, 1.165) is 22.0 Å². The second-order valence-corrected chi connectivity index (χ2v) is 11.3. The van der Waals surface area contributed by atoms with E-state index in [1.807, 2.05) is 68.4 Å². The number of rotatable bonds is 3. The van der Waals surface area contributed by atoms with Gasteiger partial charge in [0, 0.05) is 27.4 Å². The van der Waals surface area contributed by atoms with Crippen molar-refractivity contribution in [2.24, 2.45) is 0 Å². The van der Waals surface area contributed by atoms with Crippen LogP contribution >= 0.6 is 7.14 Å². The fraction of sp³-hybridized carbons (Fsp3) is 0.240. The van der Waals surface area contributed by atoms with E-state index in [0.29, 0.717) is 16.4 Å². The third-order valence-electron chi connectivity index (χ3n) is 5.71. The molecule has 0 bridgehead atoms. The van der Waals surface area contributed by atoms with Gasteiger partial charge < -0.3 is 4.57 Å². The molecule has 0 spiro atoms. The van der Waals surface area contributed by atoms with Crippen LogP contribution in [0.25, 0.3) is 11.1 Å². The minimum Gasteiger partial charge on any atom is -0.313 e. The molecule has 3 aromatic rings. The zero-order valence-electron chi connectivity index (χ0n) is 16.8. The van der Waals surface area contributed by atoms with E-state index in [4.69, 9.17) is 0 Å². The molecule has 3 aromatic carbocycles. The Balaban J connectivity index is 2.19. The molecule has 1 heterocycles. The van der Waals surface area contributed by atoms with Gasteiger partial charge in [-0.25, -0.2) is 0 Å². The number of carbonyl (C=O) groups excluding carboxylic acids is 1. The average molecular weight is 388 g/mol. The smallest absolute Gasteiger partial charge is 0.194 e. The highest BCUT2D eigenvalue weighted by Crippen LogP contribution is 2.55. The van der Waals surface area contributed by atoms with Crippen LogP contribution in [-0.2, 0) is 4.57 Å². The fourth-order valence-electron chi connectivity index (χ4n) is 4.28. The van der Waals surface area contributed by atoms with Crippen molar-refractivity contribution in [3.8, 4) is 11.1 Å². The summed E-state index contributed by atoms with van der Waals surface area (Å²) < 4.78 is 14.7. The predicted octanol–water partition coefficient (Wildman–Crippen LogP) is 5.74. The van der Waals surface area contributed by atoms with Crippen molar-refractivity contribution in [1.29, 1.82) is 0 Å². The summed E-state index contributed by atoms with van der Waals surface area (Å²) in [7, 11) is -2.99. The lowest BCUT2D eigenvalue weighted by Crippen LogP contribution is -2.37. The van der Waals surface area contributed by atoms with Gasteiger partial charge in [0.05, 0.1) is 0 Å². The van der Waals surface area contributed by atoms with E-state index in [1.54, 1.807) is 0 Å². The van der Waals surface area contributed by atoms with Crippen molar-refractivity contribution in [3.63, 3.8) is 0 Å². The molecule has 0 aliphatic carbocycles. The van der Waals surface area contributed by atoms with Gasteiger partial charge in [-0.15, -0.1) is 0 Å². The van der Waals surface area contributed by atoms with Gasteiger partial charge in [0.25, 0.3) is 0 Å². The van der Waals surface area contributed by atoms with Gasteiger partial charge in [-0.2, -0.15) is 0 Å². The first-order chi connectivity index (χ1) is 13.4. The van der Waals surface area contributed by atoms with Crippen molar-refractivity contribution in [2.45, 2.75) is 39.3 Å². The molecule has 0 fully saturated rings. The third kappa shape index (κ3) is 2.63. The molecule has 1 aliphatic rings. The topological polar surface area (TPSA) is 34.1 Å². The highest BCUT2D eigenvalue weighted by Gasteiger charge is 2.44. The van der Waals surface area contributed by atoms with Gasteiger partial charge in [0.2, 0.25) is 0 Å². The SMILES string of the molecule is CC(C)c1ccc2c(c1-c1ccccc1)P(=O)(C(C)C)c1ccccc1C2=O. The lowest BCUT2D eigenvalue weighted by atomic mass is 9.89. The van der Waals surface area contributed by atoms with Crippen LogP contribution in [0.4, 0.5) is 0 Å². The molecule has 0 radical (unpaired) electrons. The van der Waals surface area contributed by atoms with Crippen LogP contribution in [0.15, 0.2) is 66.7 Å². The van der Waals surface area contributed by atoms with Crippen LogP contribution in [-0.4, -0.2) is 11.4 Å². The lowest BCUT2D eigenvalue weighted by Gasteiger charge is -2.34. The van der Waals surface area contributed by atoms with Crippen molar-refractivity contribution >= 4 is 23.5 Å². The summed E-state index contributed by atoms with van der Waals surface area (Å²) in [5, 5.41) is 1.46. The van der Waals surface area contributed by atoms with E-state index >= 15 is 0 Å². The molecule has 0 aromatic heterocycles. The first-order valence-corrected chi connectivity index (χ1v) is 11.6. The number of ketones is 1. The molecule has 1 atom stereocenters. The summed E-state index contributed by atoms with van der Waals surface area (Å²) in [5.41, 5.74) is 4.23. The average Bonchev–Trinajstić information content (AvgIpc) is 2.71. The minimum atomic E-state index is -2.99. The number of carbonyl (C=O) groups is 1. The predicted molar refractivity (Wildman–Crippen MR) is 118 cm³/mol. The van der Waals surface area contributed by atoms with Crippen LogP contribution in [0.3, 0.4) is 0 Å². The quantitative estimate of drug-likeness (QED) is 0.536. The summed E-state index contributed by atoms with van der Waals surface area (Å²) in [5.74, 6) is 0.235. The van der Waals surface area contributed by atoms with Crippen LogP contribution in [0, 0.1) is 0 Å². The molecule has 4 rings (SSSR count). The minimum absolute atomic E-state index is 0.0230. The van der Waals surface area contributed by atoms with E-state index in [-0.39, 0.29) is 17.4 Å². The molecule has 142 valence electrons. The molecule has 1 unspecified atom stereocenters. The Bertz CT molecular complexity index is 1110. The number of hydrogen-bond donors (Lipinski definition) is 0. The summed E-state index contributed by atoms with van der Waals surface area (Å²) in [6, 6.07) is 21.5. The van der Waals surface area contributed by atoms with Gasteiger partial charge in [-0.05, 0) is 28.7 Å². The maximum Gasteiger partial charge on any atom is 0.194 e. The van der Waals surface area contributed by atoms with Crippen molar-refractivity contribution < 1.29 is 9.36 Å². The summed E-state index contributed by atoms with van der Waals surface area (Å²) in [4.78, 5) is 13.4. The first-order valence-electron chi connectivity index (χ1n) is 9.84. The Morgan fingerprint density at radius 3 is 2.04 bits per heavy atom. The maximum absolute atomic E-state index is 14.7. The van der Waals surface area contributed by atoms with Crippen molar-refractivity contribution in [2.75, 3.05) is 0 Å². The zero-order valence-corrected chi connectivity index (χ0v) is 17.7. The highest BCUT2D eigenvalue weighted by atomic mass is 31.2. The van der Waals surface area contributed by atoms with Crippen LogP contribution in [0.5, 0.6) is 0 Å². The summed E-state index contributed by atoms with van der Waals surface area (Å²) >= 11 is 0. The Morgan fingerprint density at radius 2 is 1.39 bits per heavy atom. The van der Waals surface area contributed by atoms with Crippen LogP contribution in [0.2, 0.25) is 0 Å². The molecule has 3 heteroatoms. The Morgan fingerprint density at radius 1 is 0.750 bits per heavy atom. The standard InChI is InChI=1S/C25H25O2P/c1-16(2)19-14-15-21-24(26)20-12-8-9-13-22(20)28(27,17(3)4)25(21)23(19)18-10-6-5-7-11-18/h5-17H,1-4H3. The van der Waals surface area contributed by atoms with Gasteiger partial charge in [0.1, 0.15) is 7.14 Å². The normalized spacial score (nSPS) is 18.3. The van der Waals surface area contributed by atoms with E-state index in [1.165, 1.54) is 0 Å². The number of fused-ring (bicyclic) bond motifs is 2. The van der Waals surface area contributed by atoms with E-state index in [2.05, 4.69) is 26.0 Å². The fourth-order valence-corrected chi connectivity index (χ4v) is 7.56. The highest BCUT2D eigenvalue weighted by molar-refractivity contribution is 7.80. The third-order valence-corrected chi connectivity index (χ3v) is 9.39. The van der Waals surface area contributed by atoms with Gasteiger partial charge in [-0.1, -0.05) is 88.4 Å². The summed E-state index contributed by atoms with van der Waals surface area (Å²) in [6.45, 7) is 8.31. The molecular weight excluding hydrogens is 363 g/mol. The molecule has 28 heavy (non-hydrogen) atoms. The van der Waals surface area contributed by atoms with Crippen molar-refractivity contribution in [1.82, 2.24) is 0 Å². The Hall–Kier alpha value is -2.44. The largest absolute Gasteiger partial charge is 0.313 e. The molecule has 0 saturated heterocycles. The summed E-state index contributed by atoms with van der Waals surface area (Å²) in [6.07, 6.45) is 0. The van der Waals surface area contributed by atoms with E-state index < -0.39 is 7.14 Å². The molecule has 0 N–H and O–H groups in total. The van der Waals surface area contributed by atoms with Crippen LogP contribution < -0.4 is 10.6 Å². The van der Waals surface area contributed by atoms with Gasteiger partial charge in [0.15, 0.2) is 5.78 Å². The van der Waals surface area contributed by atoms with E-state index in [9.17, 15) is 9.36 Å². The molecule has 1 aliphatic heterocycles. The van der Waals surface area contributed by atoms with Gasteiger partial charge >= 0.3 is 0 Å². The number of hydrogen-bond acceptors (Lipinski definition) is 2. The monoisotopic (exact) mass is 388 g/mol. The Labute approximate surface area is 167 Å².